The Hall–Kier alpha value is -2.00. The van der Waals surface area contributed by atoms with Gasteiger partial charge in [0.25, 0.3) is 0 Å². The van der Waals surface area contributed by atoms with Gasteiger partial charge in [-0.1, -0.05) is 24.3 Å². The van der Waals surface area contributed by atoms with Crippen LogP contribution >= 0.6 is 0 Å². The molecule has 2 N–H and O–H groups in total. The quantitative estimate of drug-likeness (QED) is 0.911. The number of hydrogen-bond acceptors (Lipinski definition) is 3. The van der Waals surface area contributed by atoms with Crippen LogP contribution in [0.3, 0.4) is 0 Å². The Kier molecular flexibility index (Phi) is 4.53. The summed E-state index contributed by atoms with van der Waals surface area (Å²) >= 11 is 0. The Morgan fingerprint density at radius 1 is 0.857 bits per heavy atom. The fourth-order valence-electron chi connectivity index (χ4n) is 2.26. The highest BCUT2D eigenvalue weighted by atomic mass is 16.5. The summed E-state index contributed by atoms with van der Waals surface area (Å²) in [6.45, 7) is 6.03. The molecule has 2 aromatic carbocycles. The molecular formula is C18H23NO2. The summed E-state index contributed by atoms with van der Waals surface area (Å²) in [4.78, 5) is 0. The zero-order chi connectivity index (χ0) is 15.5. The fourth-order valence-corrected chi connectivity index (χ4v) is 2.26. The van der Waals surface area contributed by atoms with Gasteiger partial charge in [0.05, 0.1) is 18.8 Å². The maximum atomic E-state index is 6.52. The average Bonchev–Trinajstić information content (AvgIpc) is 2.47. The molecule has 0 aliphatic rings. The van der Waals surface area contributed by atoms with Crippen molar-refractivity contribution in [3.05, 3.63) is 59.7 Å². The zero-order valence-corrected chi connectivity index (χ0v) is 13.1. The smallest absolute Gasteiger partial charge is 0.119 e. The van der Waals surface area contributed by atoms with E-state index in [0.717, 1.165) is 22.6 Å². The van der Waals surface area contributed by atoms with Gasteiger partial charge in [0.1, 0.15) is 11.5 Å². The number of benzene rings is 2. The van der Waals surface area contributed by atoms with E-state index >= 15 is 0 Å². The van der Waals surface area contributed by atoms with E-state index in [0.29, 0.717) is 0 Å². The van der Waals surface area contributed by atoms with E-state index in [1.54, 1.807) is 7.11 Å². The molecule has 0 fully saturated rings. The van der Waals surface area contributed by atoms with Crippen molar-refractivity contribution in [2.45, 2.75) is 32.4 Å². The molecule has 21 heavy (non-hydrogen) atoms. The van der Waals surface area contributed by atoms with Crippen LogP contribution in [-0.4, -0.2) is 13.2 Å². The molecule has 0 spiro atoms. The summed E-state index contributed by atoms with van der Waals surface area (Å²) in [6, 6.07) is 15.8. The minimum Gasteiger partial charge on any atom is -0.497 e. The Morgan fingerprint density at radius 3 is 1.67 bits per heavy atom. The van der Waals surface area contributed by atoms with Crippen molar-refractivity contribution in [3.63, 3.8) is 0 Å². The number of hydrogen-bond donors (Lipinski definition) is 1. The molecule has 3 nitrogen and oxygen atoms in total. The van der Waals surface area contributed by atoms with Crippen LogP contribution in [0, 0.1) is 0 Å². The number of methoxy groups -OCH3 is 1. The van der Waals surface area contributed by atoms with Gasteiger partial charge in [-0.15, -0.1) is 0 Å². The van der Waals surface area contributed by atoms with Crippen LogP contribution in [0.5, 0.6) is 11.5 Å². The lowest BCUT2D eigenvalue weighted by molar-refractivity contribution is 0.242. The largest absolute Gasteiger partial charge is 0.497 e. The van der Waals surface area contributed by atoms with Crippen molar-refractivity contribution in [2.24, 2.45) is 5.73 Å². The van der Waals surface area contributed by atoms with Gasteiger partial charge in [0.2, 0.25) is 0 Å². The normalized spacial score (nSPS) is 13.8. The molecule has 0 saturated carbocycles. The van der Waals surface area contributed by atoms with Gasteiger partial charge in [-0.2, -0.15) is 0 Å². The van der Waals surface area contributed by atoms with E-state index in [1.807, 2.05) is 69.3 Å². The van der Waals surface area contributed by atoms with E-state index in [1.165, 1.54) is 0 Å². The summed E-state index contributed by atoms with van der Waals surface area (Å²) in [6.07, 6.45) is 0.168. The third-order valence-corrected chi connectivity index (χ3v) is 3.52. The number of ether oxygens (including phenoxy) is 2. The minimum absolute atomic E-state index is 0.168. The molecule has 0 saturated heterocycles. The summed E-state index contributed by atoms with van der Waals surface area (Å²) in [5.41, 5.74) is 8.06. The van der Waals surface area contributed by atoms with Crippen molar-refractivity contribution in [2.75, 3.05) is 7.11 Å². The third kappa shape index (κ3) is 3.56. The van der Waals surface area contributed by atoms with Crippen LogP contribution < -0.4 is 15.2 Å². The highest BCUT2D eigenvalue weighted by Crippen LogP contribution is 2.29. The highest BCUT2D eigenvalue weighted by Gasteiger charge is 2.23. The lowest BCUT2D eigenvalue weighted by Gasteiger charge is -2.26. The highest BCUT2D eigenvalue weighted by molar-refractivity contribution is 5.41. The Labute approximate surface area is 126 Å². The molecule has 112 valence electrons. The van der Waals surface area contributed by atoms with Gasteiger partial charge >= 0.3 is 0 Å². The first-order valence-electron chi connectivity index (χ1n) is 7.14. The lowest BCUT2D eigenvalue weighted by Crippen LogP contribution is -2.34. The molecule has 2 aromatic rings. The molecule has 0 aliphatic carbocycles. The summed E-state index contributed by atoms with van der Waals surface area (Å²) in [5.74, 6) is 1.69. The van der Waals surface area contributed by atoms with Crippen LogP contribution in [0.25, 0.3) is 0 Å². The van der Waals surface area contributed by atoms with Crippen LogP contribution in [-0.2, 0) is 5.54 Å². The molecule has 0 aliphatic heterocycles. The summed E-state index contributed by atoms with van der Waals surface area (Å²) in [5, 5.41) is 0. The topological polar surface area (TPSA) is 44.5 Å². The average molecular weight is 285 g/mol. The maximum Gasteiger partial charge on any atom is 0.119 e. The molecule has 0 heterocycles. The van der Waals surface area contributed by atoms with E-state index in [9.17, 15) is 0 Å². The molecule has 3 heteroatoms. The first-order chi connectivity index (χ1) is 9.93. The molecule has 1 unspecified atom stereocenters. The van der Waals surface area contributed by atoms with Crippen molar-refractivity contribution >= 4 is 0 Å². The summed E-state index contributed by atoms with van der Waals surface area (Å²) < 4.78 is 10.8. The maximum absolute atomic E-state index is 6.52. The van der Waals surface area contributed by atoms with Gasteiger partial charge in [-0.25, -0.2) is 0 Å². The molecule has 0 amide bonds. The second-order valence-corrected chi connectivity index (χ2v) is 5.62. The lowest BCUT2D eigenvalue weighted by atomic mass is 9.86. The summed E-state index contributed by atoms with van der Waals surface area (Å²) in [7, 11) is 1.66. The van der Waals surface area contributed by atoms with Crippen LogP contribution in [0.2, 0.25) is 0 Å². The van der Waals surface area contributed by atoms with Gasteiger partial charge in [-0.3, -0.25) is 0 Å². The van der Waals surface area contributed by atoms with Crippen LogP contribution in [0.4, 0.5) is 0 Å². The molecule has 0 radical (unpaired) electrons. The SMILES string of the molecule is COc1ccc(C(C)(N)c2ccc(OC(C)C)cc2)cc1. The fraction of sp³-hybridized carbons (Fsp3) is 0.333. The molecule has 1 atom stereocenters. The predicted octanol–water partition coefficient (Wildman–Crippen LogP) is 3.70. The van der Waals surface area contributed by atoms with Gasteiger partial charge in [0.15, 0.2) is 0 Å². The Morgan fingerprint density at radius 2 is 1.29 bits per heavy atom. The zero-order valence-electron chi connectivity index (χ0n) is 13.1. The first-order valence-corrected chi connectivity index (χ1v) is 7.14. The third-order valence-electron chi connectivity index (χ3n) is 3.52. The Balaban J connectivity index is 2.25. The monoisotopic (exact) mass is 285 g/mol. The van der Waals surface area contributed by atoms with E-state index in [4.69, 9.17) is 15.2 Å². The van der Waals surface area contributed by atoms with Crippen LogP contribution in [0.1, 0.15) is 31.9 Å². The van der Waals surface area contributed by atoms with Gasteiger partial charge in [0, 0.05) is 0 Å². The van der Waals surface area contributed by atoms with Crippen molar-refractivity contribution in [3.8, 4) is 11.5 Å². The molecule has 2 rings (SSSR count). The first kappa shape index (κ1) is 15.4. The molecular weight excluding hydrogens is 262 g/mol. The van der Waals surface area contributed by atoms with Crippen molar-refractivity contribution < 1.29 is 9.47 Å². The number of nitrogens with two attached hydrogens (primary N) is 1. The molecule has 0 aromatic heterocycles. The van der Waals surface area contributed by atoms with E-state index < -0.39 is 5.54 Å². The molecule has 0 bridgehead atoms. The van der Waals surface area contributed by atoms with Gasteiger partial charge < -0.3 is 15.2 Å². The van der Waals surface area contributed by atoms with E-state index in [-0.39, 0.29) is 6.10 Å². The van der Waals surface area contributed by atoms with Crippen molar-refractivity contribution in [1.82, 2.24) is 0 Å². The van der Waals surface area contributed by atoms with Crippen LogP contribution in [0.15, 0.2) is 48.5 Å². The second kappa shape index (κ2) is 6.19. The standard InChI is InChI=1S/C18H23NO2/c1-13(2)21-17-11-7-15(8-12-17)18(3,19)14-5-9-16(20-4)10-6-14/h5-13H,19H2,1-4H3. The number of rotatable bonds is 5. The minimum atomic E-state index is -0.553. The second-order valence-electron chi connectivity index (χ2n) is 5.62. The Bertz CT molecular complexity index is 571. The van der Waals surface area contributed by atoms with E-state index in [2.05, 4.69) is 0 Å². The predicted molar refractivity (Wildman–Crippen MR) is 85.8 cm³/mol. The van der Waals surface area contributed by atoms with Crippen molar-refractivity contribution in [1.29, 1.82) is 0 Å². The van der Waals surface area contributed by atoms with Gasteiger partial charge in [-0.05, 0) is 56.2 Å².